The highest BCUT2D eigenvalue weighted by molar-refractivity contribution is 7.08. The van der Waals surface area contributed by atoms with Gasteiger partial charge in [0.1, 0.15) is 17.4 Å². The van der Waals surface area contributed by atoms with Gasteiger partial charge in [0.05, 0.1) is 17.7 Å². The SMILES string of the molecule is CCN(C)/C=N\c1cc(C)c(Oc2snc(C(C)(C)c3ccccc3)c2C#N)cc1C. The summed E-state index contributed by atoms with van der Waals surface area (Å²) in [6, 6.07) is 16.4. The van der Waals surface area contributed by atoms with Crippen molar-refractivity contribution < 1.29 is 4.74 Å². The minimum atomic E-state index is -0.404. The van der Waals surface area contributed by atoms with Crippen molar-refractivity contribution in [2.45, 2.75) is 40.0 Å². The Morgan fingerprint density at radius 3 is 2.55 bits per heavy atom. The van der Waals surface area contributed by atoms with E-state index in [0.29, 0.717) is 16.4 Å². The van der Waals surface area contributed by atoms with E-state index in [0.717, 1.165) is 34.6 Å². The molecule has 0 saturated carbocycles. The maximum Gasteiger partial charge on any atom is 0.218 e. The third kappa shape index (κ3) is 4.78. The zero-order valence-corrected chi connectivity index (χ0v) is 19.7. The van der Waals surface area contributed by atoms with Crippen LogP contribution in [0.5, 0.6) is 10.8 Å². The largest absolute Gasteiger partial charge is 0.443 e. The standard InChI is InChI=1S/C25H28N4OS/c1-7-29(6)16-27-21-13-18(3)22(14-17(21)2)30-24-20(15-26)23(28-31-24)25(4,5)19-11-9-8-10-12-19/h8-14,16H,7H2,1-6H3/b27-16-. The molecule has 6 heteroatoms. The molecule has 0 aliphatic heterocycles. The summed E-state index contributed by atoms with van der Waals surface area (Å²) < 4.78 is 10.8. The van der Waals surface area contributed by atoms with Crippen molar-refractivity contribution in [3.05, 3.63) is 70.4 Å². The van der Waals surface area contributed by atoms with E-state index in [1.807, 2.05) is 62.5 Å². The Labute approximate surface area is 188 Å². The Hall–Kier alpha value is -3.17. The van der Waals surface area contributed by atoms with Crippen LogP contribution in [0.2, 0.25) is 0 Å². The summed E-state index contributed by atoms with van der Waals surface area (Å²) in [4.78, 5) is 6.59. The summed E-state index contributed by atoms with van der Waals surface area (Å²) in [5, 5.41) is 10.4. The number of benzene rings is 2. The van der Waals surface area contributed by atoms with E-state index >= 15 is 0 Å². The molecule has 0 unspecified atom stereocenters. The van der Waals surface area contributed by atoms with Gasteiger partial charge in [-0.3, -0.25) is 0 Å². The van der Waals surface area contributed by atoms with E-state index in [-0.39, 0.29) is 0 Å². The van der Waals surface area contributed by atoms with Crippen LogP contribution in [0.25, 0.3) is 0 Å². The second kappa shape index (κ2) is 9.32. The molecule has 160 valence electrons. The average Bonchev–Trinajstić information content (AvgIpc) is 3.18. The first-order valence-corrected chi connectivity index (χ1v) is 11.0. The van der Waals surface area contributed by atoms with Crippen LogP contribution in [-0.4, -0.2) is 29.2 Å². The number of ether oxygens (including phenoxy) is 1. The summed E-state index contributed by atoms with van der Waals surface area (Å²) in [6.07, 6.45) is 1.83. The summed E-state index contributed by atoms with van der Waals surface area (Å²) in [5.74, 6) is 0.713. The minimum Gasteiger partial charge on any atom is -0.443 e. The molecule has 5 nitrogen and oxygen atoms in total. The van der Waals surface area contributed by atoms with E-state index < -0.39 is 5.41 Å². The highest BCUT2D eigenvalue weighted by Crippen LogP contribution is 2.41. The lowest BCUT2D eigenvalue weighted by Crippen LogP contribution is -2.20. The van der Waals surface area contributed by atoms with Gasteiger partial charge in [-0.25, -0.2) is 4.99 Å². The molecule has 0 bridgehead atoms. The van der Waals surface area contributed by atoms with E-state index in [4.69, 9.17) is 4.74 Å². The number of aromatic nitrogens is 1. The second-order valence-corrected chi connectivity index (χ2v) is 8.86. The number of rotatable bonds is 7. The van der Waals surface area contributed by atoms with Crippen molar-refractivity contribution in [2.75, 3.05) is 13.6 Å². The monoisotopic (exact) mass is 432 g/mol. The predicted octanol–water partition coefficient (Wildman–Crippen LogP) is 6.36. The molecule has 3 rings (SSSR count). The van der Waals surface area contributed by atoms with Crippen molar-refractivity contribution >= 4 is 23.6 Å². The van der Waals surface area contributed by atoms with E-state index in [1.54, 1.807) is 0 Å². The maximum atomic E-state index is 9.90. The van der Waals surface area contributed by atoms with Crippen LogP contribution in [0.3, 0.4) is 0 Å². The van der Waals surface area contributed by atoms with Gasteiger partial charge < -0.3 is 9.64 Å². The van der Waals surface area contributed by atoms with Crippen molar-refractivity contribution in [1.29, 1.82) is 5.26 Å². The van der Waals surface area contributed by atoms with Crippen molar-refractivity contribution in [1.82, 2.24) is 9.27 Å². The number of hydrogen-bond donors (Lipinski definition) is 0. The molecule has 0 N–H and O–H groups in total. The summed E-state index contributed by atoms with van der Waals surface area (Å²) in [6.45, 7) is 11.1. The summed E-state index contributed by atoms with van der Waals surface area (Å²) >= 11 is 1.22. The molecule has 3 aromatic rings. The fraction of sp³-hybridized carbons (Fsp3) is 0.320. The van der Waals surface area contributed by atoms with Crippen LogP contribution >= 0.6 is 11.5 Å². The normalized spacial score (nSPS) is 11.5. The third-order valence-electron chi connectivity index (χ3n) is 5.45. The Balaban J connectivity index is 1.93. The van der Waals surface area contributed by atoms with Crippen LogP contribution in [0, 0.1) is 25.2 Å². The molecule has 0 spiro atoms. The Bertz CT molecular complexity index is 1130. The van der Waals surface area contributed by atoms with Gasteiger partial charge in [0.25, 0.3) is 0 Å². The van der Waals surface area contributed by atoms with Crippen LogP contribution < -0.4 is 4.74 Å². The predicted molar refractivity (Wildman–Crippen MR) is 128 cm³/mol. The highest BCUT2D eigenvalue weighted by Gasteiger charge is 2.31. The first-order valence-electron chi connectivity index (χ1n) is 10.3. The molecule has 0 amide bonds. The second-order valence-electron chi connectivity index (χ2n) is 8.12. The van der Waals surface area contributed by atoms with E-state index in [2.05, 4.69) is 48.3 Å². The zero-order chi connectivity index (χ0) is 22.6. The fourth-order valence-electron chi connectivity index (χ4n) is 3.23. The molecule has 0 atom stereocenters. The smallest absolute Gasteiger partial charge is 0.218 e. The fourth-order valence-corrected chi connectivity index (χ4v) is 4.08. The van der Waals surface area contributed by atoms with Gasteiger partial charge in [0.15, 0.2) is 0 Å². The zero-order valence-electron chi connectivity index (χ0n) is 18.9. The van der Waals surface area contributed by atoms with Crippen LogP contribution in [-0.2, 0) is 5.41 Å². The molecule has 0 aliphatic rings. The van der Waals surface area contributed by atoms with Crippen molar-refractivity contribution in [3.8, 4) is 16.9 Å². The van der Waals surface area contributed by atoms with E-state index in [1.165, 1.54) is 11.5 Å². The lowest BCUT2D eigenvalue weighted by Gasteiger charge is -2.23. The number of nitrogens with zero attached hydrogens (tertiary/aromatic N) is 4. The first kappa shape index (κ1) is 22.5. The molecule has 2 aromatic carbocycles. The Kier molecular flexibility index (Phi) is 6.77. The van der Waals surface area contributed by atoms with Gasteiger partial charge in [-0.2, -0.15) is 9.64 Å². The molecular formula is C25H28N4OS. The first-order chi connectivity index (χ1) is 14.8. The summed E-state index contributed by atoms with van der Waals surface area (Å²) in [5.41, 5.74) is 4.80. The van der Waals surface area contributed by atoms with Crippen LogP contribution in [0.4, 0.5) is 5.69 Å². The molecule has 0 aliphatic carbocycles. The van der Waals surface area contributed by atoms with Crippen molar-refractivity contribution in [2.24, 2.45) is 4.99 Å². The topological polar surface area (TPSA) is 61.5 Å². The Morgan fingerprint density at radius 2 is 1.90 bits per heavy atom. The molecule has 0 fully saturated rings. The maximum absolute atomic E-state index is 9.90. The van der Waals surface area contributed by atoms with Gasteiger partial charge >= 0.3 is 0 Å². The molecular weight excluding hydrogens is 404 g/mol. The average molecular weight is 433 g/mol. The van der Waals surface area contributed by atoms with E-state index in [9.17, 15) is 5.26 Å². The number of hydrogen-bond acceptors (Lipinski definition) is 5. The molecule has 0 saturated heterocycles. The van der Waals surface area contributed by atoms with Crippen molar-refractivity contribution in [3.63, 3.8) is 0 Å². The third-order valence-corrected chi connectivity index (χ3v) is 6.18. The summed E-state index contributed by atoms with van der Waals surface area (Å²) in [7, 11) is 1.99. The number of aliphatic imine (C=N–C) groups is 1. The Morgan fingerprint density at radius 1 is 1.19 bits per heavy atom. The van der Waals surface area contributed by atoms with Crippen LogP contribution in [0.1, 0.15) is 48.7 Å². The minimum absolute atomic E-state index is 0.404. The molecule has 1 heterocycles. The lowest BCUT2D eigenvalue weighted by molar-refractivity contribution is 0.489. The van der Waals surface area contributed by atoms with Gasteiger partial charge in [-0.15, -0.1) is 0 Å². The van der Waals surface area contributed by atoms with Gasteiger partial charge in [-0.1, -0.05) is 44.2 Å². The van der Waals surface area contributed by atoms with Gasteiger partial charge in [0, 0.05) is 30.5 Å². The lowest BCUT2D eigenvalue weighted by atomic mass is 9.80. The number of aryl methyl sites for hydroxylation is 2. The molecule has 0 radical (unpaired) electrons. The number of nitriles is 1. The van der Waals surface area contributed by atoms with Crippen LogP contribution in [0.15, 0.2) is 47.5 Å². The molecule has 1 aromatic heterocycles. The van der Waals surface area contributed by atoms with Gasteiger partial charge in [0.2, 0.25) is 5.06 Å². The molecule has 31 heavy (non-hydrogen) atoms. The quantitative estimate of drug-likeness (QED) is 0.322. The van der Waals surface area contributed by atoms with Gasteiger partial charge in [-0.05, 0) is 49.6 Å². The highest BCUT2D eigenvalue weighted by atomic mass is 32.1.